The standard InChI is InChI=1S/C12H22O2/c1-4-5-9(2)6-12(13)11-7-10(3)14-8-11/h9-11H,4-8H2,1-3H3. The molecule has 1 rings (SSSR count). The van der Waals surface area contributed by atoms with Crippen LogP contribution < -0.4 is 0 Å². The molecule has 0 aromatic rings. The van der Waals surface area contributed by atoms with Gasteiger partial charge >= 0.3 is 0 Å². The topological polar surface area (TPSA) is 26.3 Å². The van der Waals surface area contributed by atoms with Gasteiger partial charge in [-0.15, -0.1) is 0 Å². The number of carbonyl (C=O) groups is 1. The lowest BCUT2D eigenvalue weighted by molar-refractivity contribution is -0.123. The van der Waals surface area contributed by atoms with Gasteiger partial charge in [0.25, 0.3) is 0 Å². The lowest BCUT2D eigenvalue weighted by Gasteiger charge is -2.11. The zero-order chi connectivity index (χ0) is 10.6. The second kappa shape index (κ2) is 5.50. The van der Waals surface area contributed by atoms with Crippen LogP contribution in [-0.4, -0.2) is 18.5 Å². The molecule has 1 heterocycles. The quantitative estimate of drug-likeness (QED) is 0.679. The predicted octanol–water partition coefficient (Wildman–Crippen LogP) is 2.81. The van der Waals surface area contributed by atoms with E-state index in [2.05, 4.69) is 13.8 Å². The van der Waals surface area contributed by atoms with Gasteiger partial charge in [-0.05, 0) is 19.3 Å². The molecule has 82 valence electrons. The van der Waals surface area contributed by atoms with Crippen LogP contribution in [0.4, 0.5) is 0 Å². The van der Waals surface area contributed by atoms with Gasteiger partial charge in [0.2, 0.25) is 0 Å². The Bertz CT molecular complexity index is 189. The molecule has 0 aromatic heterocycles. The summed E-state index contributed by atoms with van der Waals surface area (Å²) in [6.07, 6.45) is 4.29. The summed E-state index contributed by atoms with van der Waals surface area (Å²) in [5.74, 6) is 1.14. The molecule has 3 unspecified atom stereocenters. The molecular formula is C12H22O2. The van der Waals surface area contributed by atoms with Crippen LogP contribution in [0.5, 0.6) is 0 Å². The van der Waals surface area contributed by atoms with Crippen LogP contribution >= 0.6 is 0 Å². The van der Waals surface area contributed by atoms with E-state index >= 15 is 0 Å². The van der Waals surface area contributed by atoms with Gasteiger partial charge in [0, 0.05) is 12.3 Å². The van der Waals surface area contributed by atoms with Crippen molar-refractivity contribution in [3.05, 3.63) is 0 Å². The zero-order valence-corrected chi connectivity index (χ0v) is 9.58. The SMILES string of the molecule is CCCC(C)CC(=O)C1COC(C)C1. The highest BCUT2D eigenvalue weighted by atomic mass is 16.5. The third-order valence-corrected chi connectivity index (χ3v) is 2.98. The highest BCUT2D eigenvalue weighted by Gasteiger charge is 2.28. The zero-order valence-electron chi connectivity index (χ0n) is 9.58. The molecule has 0 aliphatic carbocycles. The third kappa shape index (κ3) is 3.41. The Hall–Kier alpha value is -0.370. The summed E-state index contributed by atoms with van der Waals surface area (Å²) < 4.78 is 5.41. The van der Waals surface area contributed by atoms with Crippen molar-refractivity contribution in [3.63, 3.8) is 0 Å². The van der Waals surface area contributed by atoms with Crippen molar-refractivity contribution in [2.24, 2.45) is 11.8 Å². The monoisotopic (exact) mass is 198 g/mol. The van der Waals surface area contributed by atoms with E-state index in [4.69, 9.17) is 4.74 Å². The van der Waals surface area contributed by atoms with Crippen LogP contribution in [0.25, 0.3) is 0 Å². The minimum Gasteiger partial charge on any atom is -0.378 e. The third-order valence-electron chi connectivity index (χ3n) is 2.98. The van der Waals surface area contributed by atoms with Gasteiger partial charge in [-0.25, -0.2) is 0 Å². The van der Waals surface area contributed by atoms with Crippen LogP contribution in [0, 0.1) is 11.8 Å². The van der Waals surface area contributed by atoms with Gasteiger partial charge < -0.3 is 4.74 Å². The molecule has 0 bridgehead atoms. The molecule has 2 heteroatoms. The molecule has 0 N–H and O–H groups in total. The molecule has 1 aliphatic rings. The number of hydrogen-bond donors (Lipinski definition) is 0. The maximum atomic E-state index is 11.8. The molecule has 0 amide bonds. The maximum Gasteiger partial charge on any atom is 0.138 e. The molecule has 3 atom stereocenters. The van der Waals surface area contributed by atoms with Crippen molar-refractivity contribution in [2.45, 2.75) is 52.6 Å². The second-order valence-electron chi connectivity index (χ2n) is 4.64. The largest absolute Gasteiger partial charge is 0.378 e. The van der Waals surface area contributed by atoms with Gasteiger partial charge in [-0.1, -0.05) is 26.7 Å². The number of rotatable bonds is 5. The van der Waals surface area contributed by atoms with Crippen LogP contribution in [0.15, 0.2) is 0 Å². The van der Waals surface area contributed by atoms with E-state index in [9.17, 15) is 4.79 Å². The second-order valence-corrected chi connectivity index (χ2v) is 4.64. The van der Waals surface area contributed by atoms with E-state index in [1.165, 1.54) is 6.42 Å². The summed E-state index contributed by atoms with van der Waals surface area (Å²) in [6.45, 7) is 7.03. The van der Waals surface area contributed by atoms with Crippen LogP contribution in [0.3, 0.4) is 0 Å². The summed E-state index contributed by atoms with van der Waals surface area (Å²) >= 11 is 0. The Morgan fingerprint density at radius 1 is 1.57 bits per heavy atom. The first kappa shape index (κ1) is 11.7. The van der Waals surface area contributed by atoms with Gasteiger partial charge in [0.05, 0.1) is 12.7 Å². The number of Topliss-reactive ketones (excluding diaryl/α,β-unsaturated/α-hetero) is 1. The average Bonchev–Trinajstić information content (AvgIpc) is 2.52. The van der Waals surface area contributed by atoms with Crippen molar-refractivity contribution in [3.8, 4) is 0 Å². The molecule has 0 spiro atoms. The maximum absolute atomic E-state index is 11.8. The first-order valence-corrected chi connectivity index (χ1v) is 5.77. The van der Waals surface area contributed by atoms with E-state index < -0.39 is 0 Å². The highest BCUT2D eigenvalue weighted by molar-refractivity contribution is 5.81. The van der Waals surface area contributed by atoms with Crippen molar-refractivity contribution in [1.82, 2.24) is 0 Å². The fourth-order valence-corrected chi connectivity index (χ4v) is 2.15. The van der Waals surface area contributed by atoms with Gasteiger partial charge in [-0.2, -0.15) is 0 Å². The van der Waals surface area contributed by atoms with Crippen LogP contribution in [-0.2, 0) is 9.53 Å². The number of hydrogen-bond acceptors (Lipinski definition) is 2. The molecule has 0 saturated carbocycles. The number of carbonyl (C=O) groups excluding carboxylic acids is 1. The molecule has 2 nitrogen and oxygen atoms in total. The Morgan fingerprint density at radius 2 is 2.29 bits per heavy atom. The summed E-state index contributed by atoms with van der Waals surface area (Å²) in [6, 6.07) is 0. The molecule has 14 heavy (non-hydrogen) atoms. The fourth-order valence-electron chi connectivity index (χ4n) is 2.15. The Labute approximate surface area is 87.0 Å². The first-order chi connectivity index (χ1) is 6.63. The molecule has 0 aromatic carbocycles. The fraction of sp³-hybridized carbons (Fsp3) is 0.917. The van der Waals surface area contributed by atoms with Crippen LogP contribution in [0.1, 0.15) is 46.5 Å². The Balaban J connectivity index is 2.27. The summed E-state index contributed by atoms with van der Waals surface area (Å²) in [7, 11) is 0. The Kier molecular flexibility index (Phi) is 4.59. The van der Waals surface area contributed by atoms with E-state index in [0.717, 1.165) is 19.3 Å². The molecule has 1 aliphatic heterocycles. The van der Waals surface area contributed by atoms with E-state index in [0.29, 0.717) is 18.3 Å². The van der Waals surface area contributed by atoms with E-state index in [1.54, 1.807) is 0 Å². The summed E-state index contributed by atoms with van der Waals surface area (Å²) in [4.78, 5) is 11.8. The lowest BCUT2D eigenvalue weighted by Crippen LogP contribution is -2.17. The number of ketones is 1. The van der Waals surface area contributed by atoms with Gasteiger partial charge in [0.15, 0.2) is 0 Å². The smallest absolute Gasteiger partial charge is 0.138 e. The Morgan fingerprint density at radius 3 is 2.79 bits per heavy atom. The normalized spacial score (nSPS) is 29.1. The van der Waals surface area contributed by atoms with E-state index in [1.807, 2.05) is 6.92 Å². The van der Waals surface area contributed by atoms with Gasteiger partial charge in [0.1, 0.15) is 5.78 Å². The lowest BCUT2D eigenvalue weighted by atomic mass is 9.91. The van der Waals surface area contributed by atoms with Crippen molar-refractivity contribution >= 4 is 5.78 Å². The number of ether oxygens (including phenoxy) is 1. The predicted molar refractivity (Wildman–Crippen MR) is 57.2 cm³/mol. The first-order valence-electron chi connectivity index (χ1n) is 5.77. The van der Waals surface area contributed by atoms with Gasteiger partial charge in [-0.3, -0.25) is 4.79 Å². The molecule has 0 radical (unpaired) electrons. The average molecular weight is 198 g/mol. The van der Waals surface area contributed by atoms with E-state index in [-0.39, 0.29) is 12.0 Å². The van der Waals surface area contributed by atoms with Crippen molar-refractivity contribution < 1.29 is 9.53 Å². The molecule has 1 saturated heterocycles. The summed E-state index contributed by atoms with van der Waals surface area (Å²) in [5.41, 5.74) is 0. The summed E-state index contributed by atoms with van der Waals surface area (Å²) in [5, 5.41) is 0. The van der Waals surface area contributed by atoms with Crippen molar-refractivity contribution in [1.29, 1.82) is 0 Å². The van der Waals surface area contributed by atoms with Crippen molar-refractivity contribution in [2.75, 3.05) is 6.61 Å². The minimum absolute atomic E-state index is 0.185. The minimum atomic E-state index is 0.185. The molecule has 1 fully saturated rings. The molecular weight excluding hydrogens is 176 g/mol. The highest BCUT2D eigenvalue weighted by Crippen LogP contribution is 2.23. The van der Waals surface area contributed by atoms with Crippen LogP contribution in [0.2, 0.25) is 0 Å².